The fourth-order valence-corrected chi connectivity index (χ4v) is 6.94. The summed E-state index contributed by atoms with van der Waals surface area (Å²) in [5, 5.41) is 41.9. The fraction of sp³-hybridized carbons (Fsp3) is 0.0833. The molecule has 0 saturated heterocycles. The smallest absolute Gasteiger partial charge is 0.427 e. The summed E-state index contributed by atoms with van der Waals surface area (Å²) in [6.45, 7) is 0. The number of fused-ring (bicyclic) bond motifs is 3. The van der Waals surface area contributed by atoms with Crippen LogP contribution in [0.3, 0.4) is 0 Å². The lowest BCUT2D eigenvalue weighted by molar-refractivity contribution is 0.367. The summed E-state index contributed by atoms with van der Waals surface area (Å²) in [5.41, 5.74) is 1.38. The second-order valence-electron chi connectivity index (χ2n) is 7.83. The van der Waals surface area contributed by atoms with Gasteiger partial charge in [0.1, 0.15) is 0 Å². The van der Waals surface area contributed by atoms with E-state index in [2.05, 4.69) is 17.6 Å². The Morgan fingerprint density at radius 2 is 1.69 bits per heavy atom. The summed E-state index contributed by atoms with van der Waals surface area (Å²) in [7, 11) is -2.75. The van der Waals surface area contributed by atoms with E-state index in [0.717, 1.165) is 21.0 Å². The maximum absolute atomic E-state index is 9.54. The van der Waals surface area contributed by atoms with Gasteiger partial charge in [-0.2, -0.15) is 0 Å². The van der Waals surface area contributed by atoms with E-state index in [1.807, 2.05) is 66.8 Å². The molecule has 0 bridgehead atoms. The highest BCUT2D eigenvalue weighted by Gasteiger charge is 2.50. The van der Waals surface area contributed by atoms with Crippen LogP contribution in [0.15, 0.2) is 101 Å². The lowest BCUT2D eigenvalue weighted by atomic mass is 9.53. The van der Waals surface area contributed by atoms with Crippen molar-refractivity contribution in [1.82, 2.24) is 0 Å². The molecule has 4 nitrogen and oxygen atoms in total. The van der Waals surface area contributed by atoms with Crippen LogP contribution in [0, 0.1) is 5.41 Å². The van der Waals surface area contributed by atoms with Gasteiger partial charge in [0, 0.05) is 25.5 Å². The van der Waals surface area contributed by atoms with Crippen LogP contribution in [0.2, 0.25) is 5.82 Å². The van der Waals surface area contributed by atoms with E-state index in [1.165, 1.54) is 9.61 Å². The Balaban J connectivity index is 0.000000135. The summed E-state index contributed by atoms with van der Waals surface area (Å²) < 4.78 is 2.26. The molecule has 8 heteroatoms. The van der Waals surface area contributed by atoms with Crippen molar-refractivity contribution in [2.45, 2.75) is 5.82 Å². The normalized spacial score (nSPS) is 22.7. The molecule has 0 radical (unpaired) electrons. The molecule has 3 aliphatic rings. The zero-order chi connectivity index (χ0) is 22.3. The van der Waals surface area contributed by atoms with Crippen molar-refractivity contribution < 1.29 is 20.1 Å². The second kappa shape index (κ2) is 8.56. The summed E-state index contributed by atoms with van der Waals surface area (Å²) in [6.07, 6.45) is 13.9. The van der Waals surface area contributed by atoms with Crippen LogP contribution in [0.1, 0.15) is 0 Å². The topological polar surface area (TPSA) is 80.9 Å². The minimum atomic E-state index is -1.42. The number of hydrogen-bond acceptors (Lipinski definition) is 6. The predicted octanol–water partition coefficient (Wildman–Crippen LogP) is 3.76. The molecule has 1 aliphatic heterocycles. The Bertz CT molecular complexity index is 1340. The van der Waals surface area contributed by atoms with Gasteiger partial charge in [-0.25, -0.2) is 0 Å². The minimum Gasteiger partial charge on any atom is -0.427 e. The molecule has 2 aromatic carbocycles. The highest BCUT2D eigenvalue weighted by atomic mass is 32.2. The number of thiophene rings is 1. The molecule has 1 spiro atoms. The third-order valence-corrected chi connectivity index (χ3v) is 8.31. The third-order valence-electron chi connectivity index (χ3n) is 6.07. The number of benzene rings is 2. The lowest BCUT2D eigenvalue weighted by Crippen LogP contribution is -2.36. The van der Waals surface area contributed by atoms with Crippen LogP contribution >= 0.6 is 23.1 Å². The van der Waals surface area contributed by atoms with Crippen LogP contribution < -0.4 is 5.46 Å². The van der Waals surface area contributed by atoms with Gasteiger partial charge in [-0.3, -0.25) is 0 Å². The average molecular weight is 458 g/mol. The molecular formula is C24H20B2O4S2. The van der Waals surface area contributed by atoms with Gasteiger partial charge in [0.05, 0.1) is 5.41 Å². The molecule has 2 heterocycles. The fourth-order valence-electron chi connectivity index (χ4n) is 4.60. The first-order valence-corrected chi connectivity index (χ1v) is 12.0. The van der Waals surface area contributed by atoms with Crippen LogP contribution in [0.4, 0.5) is 0 Å². The highest BCUT2D eigenvalue weighted by Crippen LogP contribution is 2.60. The molecule has 1 aromatic heterocycles. The summed E-state index contributed by atoms with van der Waals surface area (Å²) >= 11 is 3.34. The van der Waals surface area contributed by atoms with Gasteiger partial charge in [-0.15, -0.1) is 23.1 Å². The number of rotatable bonds is 2. The zero-order valence-corrected chi connectivity index (χ0v) is 18.6. The maximum atomic E-state index is 9.54. The minimum absolute atomic E-state index is 0.296. The molecule has 0 fully saturated rings. The van der Waals surface area contributed by atoms with E-state index in [9.17, 15) is 20.1 Å². The van der Waals surface area contributed by atoms with Gasteiger partial charge in [-0.1, -0.05) is 72.9 Å². The Morgan fingerprint density at radius 3 is 2.50 bits per heavy atom. The third kappa shape index (κ3) is 3.44. The van der Waals surface area contributed by atoms with Gasteiger partial charge in [0.25, 0.3) is 0 Å². The molecular weight excluding hydrogens is 438 g/mol. The van der Waals surface area contributed by atoms with Crippen molar-refractivity contribution in [1.29, 1.82) is 0 Å². The molecule has 2 aliphatic carbocycles. The lowest BCUT2D eigenvalue weighted by Gasteiger charge is -2.38. The predicted molar refractivity (Wildman–Crippen MR) is 137 cm³/mol. The highest BCUT2D eigenvalue weighted by molar-refractivity contribution is 8.06. The van der Waals surface area contributed by atoms with Gasteiger partial charge >= 0.3 is 14.2 Å². The molecule has 4 N–H and O–H groups in total. The standard InChI is InChI=1S/C12H11BO2S.C12H9BO2S/c14-13(15)10-5-3-6-11-12(10)7-2-1-4-9(12)8-16-11;14-13(15)9-5-3-7-11-12(9)8-4-1-2-6-10(8)16-11/h1-8,10,14-15H;1-7,14-15H. The average Bonchev–Trinajstić information content (AvgIpc) is 3.37. The van der Waals surface area contributed by atoms with Crippen LogP contribution in [0.25, 0.3) is 20.2 Å². The Hall–Kier alpha value is -2.32. The van der Waals surface area contributed by atoms with E-state index < -0.39 is 14.2 Å². The van der Waals surface area contributed by atoms with Crippen molar-refractivity contribution in [2.24, 2.45) is 5.41 Å². The largest absolute Gasteiger partial charge is 0.489 e. The summed E-state index contributed by atoms with van der Waals surface area (Å²) in [4.78, 5) is 1.17. The zero-order valence-electron chi connectivity index (χ0n) is 17.0. The SMILES string of the molecule is OB(O)C1C=CC=C2SC=C3C=CC=CC321.OB(O)c1cccc2sc3ccccc3c12. The van der Waals surface area contributed by atoms with Crippen molar-refractivity contribution in [2.75, 3.05) is 0 Å². The molecule has 3 aromatic rings. The van der Waals surface area contributed by atoms with E-state index in [1.54, 1.807) is 29.2 Å². The number of hydrogen-bond donors (Lipinski definition) is 4. The Labute approximate surface area is 194 Å². The molecule has 0 amide bonds. The molecule has 2 unspecified atom stereocenters. The Kier molecular flexibility index (Phi) is 5.75. The van der Waals surface area contributed by atoms with Gasteiger partial charge in [0.15, 0.2) is 0 Å². The van der Waals surface area contributed by atoms with E-state index in [0.29, 0.717) is 5.46 Å². The molecule has 0 saturated carbocycles. The van der Waals surface area contributed by atoms with E-state index >= 15 is 0 Å². The van der Waals surface area contributed by atoms with Crippen LogP contribution in [0.5, 0.6) is 0 Å². The van der Waals surface area contributed by atoms with Crippen molar-refractivity contribution in [3.05, 3.63) is 101 Å². The van der Waals surface area contributed by atoms with Gasteiger partial charge in [-0.05, 0) is 34.0 Å². The van der Waals surface area contributed by atoms with Crippen molar-refractivity contribution >= 4 is 63.0 Å². The maximum Gasteiger partial charge on any atom is 0.489 e. The molecule has 158 valence electrons. The van der Waals surface area contributed by atoms with Crippen molar-refractivity contribution in [3.63, 3.8) is 0 Å². The molecule has 6 rings (SSSR count). The first kappa shape index (κ1) is 21.5. The number of thioether (sulfide) groups is 1. The Morgan fingerprint density at radius 1 is 0.875 bits per heavy atom. The quantitative estimate of drug-likeness (QED) is 0.440. The number of allylic oxidation sites excluding steroid dienone is 9. The van der Waals surface area contributed by atoms with Gasteiger partial charge in [0.2, 0.25) is 0 Å². The summed E-state index contributed by atoms with van der Waals surface area (Å²) in [6, 6.07) is 13.6. The monoisotopic (exact) mass is 458 g/mol. The van der Waals surface area contributed by atoms with E-state index in [-0.39, 0.29) is 11.2 Å². The first-order chi connectivity index (χ1) is 15.5. The van der Waals surface area contributed by atoms with Crippen LogP contribution in [-0.2, 0) is 0 Å². The molecule has 32 heavy (non-hydrogen) atoms. The second-order valence-corrected chi connectivity index (χ2v) is 9.82. The summed E-state index contributed by atoms with van der Waals surface area (Å²) in [5.74, 6) is -0.296. The van der Waals surface area contributed by atoms with E-state index in [4.69, 9.17) is 0 Å². The first-order valence-electron chi connectivity index (χ1n) is 10.3. The molecule has 2 atom stereocenters. The van der Waals surface area contributed by atoms with Crippen molar-refractivity contribution in [3.8, 4) is 0 Å². The van der Waals surface area contributed by atoms with Gasteiger partial charge < -0.3 is 20.1 Å². The van der Waals surface area contributed by atoms with Crippen LogP contribution in [-0.4, -0.2) is 34.3 Å².